The van der Waals surface area contributed by atoms with E-state index in [1.165, 1.54) is 5.56 Å². The van der Waals surface area contributed by atoms with Gasteiger partial charge in [-0.2, -0.15) is 0 Å². The second kappa shape index (κ2) is 10.4. The minimum atomic E-state index is 0.00777. The van der Waals surface area contributed by atoms with Crippen molar-refractivity contribution in [2.75, 3.05) is 39.9 Å². The number of hydrogen-bond acceptors (Lipinski definition) is 3. The monoisotopic (exact) mass is 441 g/mol. The van der Waals surface area contributed by atoms with Crippen molar-refractivity contribution in [2.24, 2.45) is 4.99 Å². The molecule has 0 bridgehead atoms. The van der Waals surface area contributed by atoms with E-state index in [1.54, 1.807) is 0 Å². The number of piperidine rings is 1. The Labute approximate surface area is 190 Å². The van der Waals surface area contributed by atoms with Crippen molar-refractivity contribution in [2.45, 2.75) is 37.2 Å². The minimum absolute atomic E-state index is 0.00777. The fraction of sp³-hybridized carbons (Fsp3) is 0.480. The zero-order chi connectivity index (χ0) is 21.5. The second-order valence-corrected chi connectivity index (χ2v) is 8.86. The molecule has 2 aromatic carbocycles. The van der Waals surface area contributed by atoms with Crippen molar-refractivity contribution in [1.29, 1.82) is 0 Å². The standard InChI is InChI=1S/C25H32ClN3O2/c1-27-24(29-14-10-23(11-15-29)31-22-8-3-2-4-9-22)28-19-25(12-16-30-17-13-25)20-6-5-7-21(26)18-20/h2-9,18,23H,10-17,19H2,1H3,(H,27,28). The molecule has 2 heterocycles. The van der Waals surface area contributed by atoms with Crippen LogP contribution in [0.5, 0.6) is 5.75 Å². The summed E-state index contributed by atoms with van der Waals surface area (Å²) in [5, 5.41) is 4.45. The summed E-state index contributed by atoms with van der Waals surface area (Å²) in [6.45, 7) is 4.24. The molecule has 0 saturated carbocycles. The lowest BCUT2D eigenvalue weighted by atomic mass is 9.74. The van der Waals surface area contributed by atoms with E-state index < -0.39 is 0 Å². The molecule has 0 amide bonds. The third-order valence-electron chi connectivity index (χ3n) is 6.47. The zero-order valence-corrected chi connectivity index (χ0v) is 19.0. The molecule has 2 aliphatic rings. The molecule has 2 fully saturated rings. The van der Waals surface area contributed by atoms with Crippen LogP contribution in [-0.2, 0) is 10.2 Å². The number of nitrogens with zero attached hydrogens (tertiary/aromatic N) is 2. The summed E-state index contributed by atoms with van der Waals surface area (Å²) in [7, 11) is 1.87. The van der Waals surface area contributed by atoms with E-state index in [0.29, 0.717) is 0 Å². The fourth-order valence-electron chi connectivity index (χ4n) is 4.61. The van der Waals surface area contributed by atoms with Crippen LogP contribution in [0.25, 0.3) is 0 Å². The van der Waals surface area contributed by atoms with Gasteiger partial charge in [-0.05, 0) is 42.7 Å². The lowest BCUT2D eigenvalue weighted by Gasteiger charge is -2.40. The Morgan fingerprint density at radius 1 is 1.13 bits per heavy atom. The lowest BCUT2D eigenvalue weighted by molar-refractivity contribution is 0.0509. The number of aliphatic imine (C=N–C) groups is 1. The summed E-state index contributed by atoms with van der Waals surface area (Å²) in [5.41, 5.74) is 1.29. The van der Waals surface area contributed by atoms with E-state index in [1.807, 2.05) is 49.5 Å². The van der Waals surface area contributed by atoms with Gasteiger partial charge in [0.2, 0.25) is 0 Å². The van der Waals surface area contributed by atoms with Gasteiger partial charge >= 0.3 is 0 Å². The number of nitrogens with one attached hydrogen (secondary N) is 1. The molecule has 0 unspecified atom stereocenters. The van der Waals surface area contributed by atoms with Gasteiger partial charge < -0.3 is 19.7 Å². The summed E-state index contributed by atoms with van der Waals surface area (Å²) >= 11 is 6.31. The second-order valence-electron chi connectivity index (χ2n) is 8.42. The fourth-order valence-corrected chi connectivity index (χ4v) is 4.80. The largest absolute Gasteiger partial charge is 0.490 e. The number of benzene rings is 2. The predicted molar refractivity (Wildman–Crippen MR) is 126 cm³/mol. The average Bonchev–Trinajstić information content (AvgIpc) is 2.82. The number of likely N-dealkylation sites (tertiary alicyclic amines) is 1. The first-order valence-corrected chi connectivity index (χ1v) is 11.6. The topological polar surface area (TPSA) is 46.1 Å². The van der Waals surface area contributed by atoms with Gasteiger partial charge in [0.1, 0.15) is 11.9 Å². The van der Waals surface area contributed by atoms with Crippen LogP contribution in [0.3, 0.4) is 0 Å². The van der Waals surface area contributed by atoms with E-state index in [9.17, 15) is 0 Å². The highest BCUT2D eigenvalue weighted by molar-refractivity contribution is 6.30. The minimum Gasteiger partial charge on any atom is -0.490 e. The first-order valence-electron chi connectivity index (χ1n) is 11.2. The first kappa shape index (κ1) is 22.0. The summed E-state index contributed by atoms with van der Waals surface area (Å²) in [4.78, 5) is 6.92. The number of para-hydroxylation sites is 1. The molecular formula is C25H32ClN3O2. The van der Waals surface area contributed by atoms with Crippen LogP contribution in [-0.4, -0.2) is 56.9 Å². The van der Waals surface area contributed by atoms with Gasteiger partial charge in [-0.3, -0.25) is 4.99 Å². The Morgan fingerprint density at radius 3 is 2.55 bits per heavy atom. The molecule has 0 atom stereocenters. The lowest BCUT2D eigenvalue weighted by Crippen LogP contribution is -2.51. The number of rotatable bonds is 5. The normalized spacial score (nSPS) is 19.8. The van der Waals surface area contributed by atoms with Crippen LogP contribution < -0.4 is 10.1 Å². The maximum atomic E-state index is 6.31. The number of hydrogen-bond donors (Lipinski definition) is 1. The maximum absolute atomic E-state index is 6.31. The van der Waals surface area contributed by atoms with Crippen LogP contribution in [0.1, 0.15) is 31.2 Å². The van der Waals surface area contributed by atoms with Gasteiger partial charge in [0, 0.05) is 63.2 Å². The highest BCUT2D eigenvalue weighted by Crippen LogP contribution is 2.35. The maximum Gasteiger partial charge on any atom is 0.193 e. The Bertz CT molecular complexity index is 860. The van der Waals surface area contributed by atoms with Crippen molar-refractivity contribution in [1.82, 2.24) is 10.2 Å². The van der Waals surface area contributed by atoms with Crippen molar-refractivity contribution >= 4 is 17.6 Å². The molecule has 0 spiro atoms. The van der Waals surface area contributed by atoms with Gasteiger partial charge in [0.25, 0.3) is 0 Å². The predicted octanol–water partition coefficient (Wildman–Crippen LogP) is 4.51. The van der Waals surface area contributed by atoms with Gasteiger partial charge in [-0.25, -0.2) is 0 Å². The third kappa shape index (κ3) is 5.52. The highest BCUT2D eigenvalue weighted by atomic mass is 35.5. The molecule has 0 aliphatic carbocycles. The molecule has 2 saturated heterocycles. The quantitative estimate of drug-likeness (QED) is 0.548. The van der Waals surface area contributed by atoms with E-state index in [4.69, 9.17) is 21.1 Å². The number of ether oxygens (including phenoxy) is 2. The van der Waals surface area contributed by atoms with E-state index in [0.717, 1.165) is 75.3 Å². The summed E-state index contributed by atoms with van der Waals surface area (Å²) in [5.74, 6) is 1.91. The highest BCUT2D eigenvalue weighted by Gasteiger charge is 2.35. The number of guanidine groups is 1. The summed E-state index contributed by atoms with van der Waals surface area (Å²) in [6, 6.07) is 18.4. The van der Waals surface area contributed by atoms with Gasteiger partial charge in [-0.1, -0.05) is 41.9 Å². The molecule has 5 nitrogen and oxygen atoms in total. The Kier molecular flexibility index (Phi) is 7.36. The van der Waals surface area contributed by atoms with Gasteiger partial charge in [-0.15, -0.1) is 0 Å². The van der Waals surface area contributed by atoms with E-state index >= 15 is 0 Å². The molecular weight excluding hydrogens is 410 g/mol. The van der Waals surface area contributed by atoms with E-state index in [-0.39, 0.29) is 11.5 Å². The van der Waals surface area contributed by atoms with Gasteiger partial charge in [0.05, 0.1) is 0 Å². The smallest absolute Gasteiger partial charge is 0.193 e. The molecule has 2 aromatic rings. The SMILES string of the molecule is CN=C(NCC1(c2cccc(Cl)c2)CCOCC1)N1CCC(Oc2ccccc2)CC1. The Balaban J connectivity index is 1.36. The summed E-state index contributed by atoms with van der Waals surface area (Å²) < 4.78 is 11.8. The van der Waals surface area contributed by atoms with E-state index in [2.05, 4.69) is 27.3 Å². The molecule has 6 heteroatoms. The van der Waals surface area contributed by atoms with Crippen molar-refractivity contribution in [3.05, 3.63) is 65.2 Å². The molecule has 4 rings (SSSR count). The van der Waals surface area contributed by atoms with Crippen molar-refractivity contribution in [3.8, 4) is 5.75 Å². The van der Waals surface area contributed by atoms with Crippen LogP contribution in [0, 0.1) is 0 Å². The van der Waals surface area contributed by atoms with Crippen LogP contribution in [0.4, 0.5) is 0 Å². The molecule has 0 radical (unpaired) electrons. The first-order chi connectivity index (χ1) is 15.2. The van der Waals surface area contributed by atoms with Gasteiger partial charge in [0.15, 0.2) is 5.96 Å². The average molecular weight is 442 g/mol. The number of halogens is 1. The Morgan fingerprint density at radius 2 is 1.87 bits per heavy atom. The van der Waals surface area contributed by atoms with Crippen molar-refractivity contribution in [3.63, 3.8) is 0 Å². The molecule has 2 aliphatic heterocycles. The Hall–Kier alpha value is -2.24. The van der Waals surface area contributed by atoms with Crippen LogP contribution in [0.2, 0.25) is 5.02 Å². The molecule has 31 heavy (non-hydrogen) atoms. The molecule has 0 aromatic heterocycles. The molecule has 166 valence electrons. The van der Waals surface area contributed by atoms with Crippen LogP contribution in [0.15, 0.2) is 59.6 Å². The zero-order valence-electron chi connectivity index (χ0n) is 18.2. The van der Waals surface area contributed by atoms with Crippen molar-refractivity contribution < 1.29 is 9.47 Å². The van der Waals surface area contributed by atoms with Crippen LogP contribution >= 0.6 is 11.6 Å². The molecule has 1 N–H and O–H groups in total. The summed E-state index contributed by atoms with van der Waals surface area (Å²) in [6.07, 6.45) is 4.19. The third-order valence-corrected chi connectivity index (χ3v) is 6.71.